The van der Waals surface area contributed by atoms with Crippen molar-refractivity contribution in [1.82, 2.24) is 4.90 Å². The van der Waals surface area contributed by atoms with Crippen molar-refractivity contribution in [3.8, 4) is 0 Å². The predicted molar refractivity (Wildman–Crippen MR) is 104 cm³/mol. The summed E-state index contributed by atoms with van der Waals surface area (Å²) in [4.78, 5) is 14.7. The zero-order valence-corrected chi connectivity index (χ0v) is 16.2. The first kappa shape index (κ1) is 19.3. The second-order valence-electron chi connectivity index (χ2n) is 5.85. The van der Waals surface area contributed by atoms with Crippen LogP contribution < -0.4 is 5.73 Å². The third-order valence-electron chi connectivity index (χ3n) is 4.42. The number of halogens is 3. The standard InChI is InChI=1S/C18H18BrClN2O.ClH/c19-14-6-7-17(20)15(8-14)18(23)22-10-13(9-21)16(11-22)12-4-2-1-3-5-12;/h1-8,13,16H,9-11,21H2;1H/t13-,16+;/m1./s1. The lowest BCUT2D eigenvalue weighted by molar-refractivity contribution is 0.0786. The molecule has 1 saturated heterocycles. The van der Waals surface area contributed by atoms with Crippen LogP contribution in [0.4, 0.5) is 0 Å². The molecule has 2 N–H and O–H groups in total. The lowest BCUT2D eigenvalue weighted by Crippen LogP contribution is -2.30. The molecule has 0 unspecified atom stereocenters. The maximum absolute atomic E-state index is 12.8. The lowest BCUT2D eigenvalue weighted by atomic mass is 9.89. The SMILES string of the molecule is Cl.NC[C@@H]1CN(C(=O)c2cc(Br)ccc2Cl)C[C@H]1c1ccccc1. The van der Waals surface area contributed by atoms with Gasteiger partial charge < -0.3 is 10.6 Å². The van der Waals surface area contributed by atoms with Crippen molar-refractivity contribution < 1.29 is 4.79 Å². The number of hydrogen-bond acceptors (Lipinski definition) is 2. The Morgan fingerprint density at radius 1 is 1.21 bits per heavy atom. The number of nitrogens with two attached hydrogens (primary N) is 1. The van der Waals surface area contributed by atoms with Crippen LogP contribution in [0.3, 0.4) is 0 Å². The van der Waals surface area contributed by atoms with Crippen LogP contribution in [0.2, 0.25) is 5.02 Å². The molecule has 6 heteroatoms. The highest BCUT2D eigenvalue weighted by atomic mass is 79.9. The van der Waals surface area contributed by atoms with E-state index < -0.39 is 0 Å². The van der Waals surface area contributed by atoms with Gasteiger partial charge in [-0.3, -0.25) is 4.79 Å². The van der Waals surface area contributed by atoms with Gasteiger partial charge in [0.25, 0.3) is 5.91 Å². The molecule has 0 aliphatic carbocycles. The minimum atomic E-state index is -0.0341. The van der Waals surface area contributed by atoms with E-state index in [1.54, 1.807) is 12.1 Å². The summed E-state index contributed by atoms with van der Waals surface area (Å²) in [6.07, 6.45) is 0. The zero-order chi connectivity index (χ0) is 16.4. The highest BCUT2D eigenvalue weighted by molar-refractivity contribution is 9.10. The van der Waals surface area contributed by atoms with Crippen molar-refractivity contribution in [3.05, 3.63) is 69.2 Å². The molecule has 1 heterocycles. The van der Waals surface area contributed by atoms with E-state index in [9.17, 15) is 4.79 Å². The molecule has 2 atom stereocenters. The predicted octanol–water partition coefficient (Wildman–Crippen LogP) is 4.34. The molecule has 0 saturated carbocycles. The fraction of sp³-hybridized carbons (Fsp3) is 0.278. The Hall–Kier alpha value is -1.07. The summed E-state index contributed by atoms with van der Waals surface area (Å²) < 4.78 is 0.847. The second-order valence-corrected chi connectivity index (χ2v) is 7.17. The van der Waals surface area contributed by atoms with Crippen molar-refractivity contribution in [2.24, 2.45) is 11.7 Å². The average molecular weight is 430 g/mol. The van der Waals surface area contributed by atoms with Crippen LogP contribution >= 0.6 is 39.9 Å². The maximum atomic E-state index is 12.8. The molecule has 1 aliphatic heterocycles. The van der Waals surface area contributed by atoms with Crippen LogP contribution in [0.25, 0.3) is 0 Å². The Morgan fingerprint density at radius 2 is 1.92 bits per heavy atom. The molecule has 2 aromatic carbocycles. The number of hydrogen-bond donors (Lipinski definition) is 1. The van der Waals surface area contributed by atoms with Crippen molar-refractivity contribution in [3.63, 3.8) is 0 Å². The van der Waals surface area contributed by atoms with E-state index in [-0.39, 0.29) is 30.2 Å². The fourth-order valence-corrected chi connectivity index (χ4v) is 3.74. The quantitative estimate of drug-likeness (QED) is 0.788. The van der Waals surface area contributed by atoms with Crippen molar-refractivity contribution in [2.75, 3.05) is 19.6 Å². The first-order valence-corrected chi connectivity index (χ1v) is 8.76. The molecule has 0 spiro atoms. The molecule has 1 aliphatic rings. The fourth-order valence-electron chi connectivity index (χ4n) is 3.19. The Labute approximate surface area is 161 Å². The molecule has 128 valence electrons. The van der Waals surface area contributed by atoms with Gasteiger partial charge in [-0.2, -0.15) is 0 Å². The summed E-state index contributed by atoms with van der Waals surface area (Å²) in [6, 6.07) is 15.6. The molecule has 0 aromatic heterocycles. The number of benzene rings is 2. The first-order chi connectivity index (χ1) is 11.1. The normalized spacial score (nSPS) is 19.9. The number of carbonyl (C=O) groups excluding carboxylic acids is 1. The highest BCUT2D eigenvalue weighted by Gasteiger charge is 2.36. The highest BCUT2D eigenvalue weighted by Crippen LogP contribution is 2.33. The Morgan fingerprint density at radius 3 is 2.58 bits per heavy atom. The maximum Gasteiger partial charge on any atom is 0.255 e. The smallest absolute Gasteiger partial charge is 0.255 e. The minimum absolute atomic E-state index is 0. The second kappa shape index (κ2) is 8.34. The molecule has 0 radical (unpaired) electrons. The van der Waals surface area contributed by atoms with Gasteiger partial charge in [0.2, 0.25) is 0 Å². The van der Waals surface area contributed by atoms with Crippen LogP contribution in [0.5, 0.6) is 0 Å². The van der Waals surface area contributed by atoms with E-state index >= 15 is 0 Å². The van der Waals surface area contributed by atoms with Gasteiger partial charge in [0.15, 0.2) is 0 Å². The van der Waals surface area contributed by atoms with Gasteiger partial charge in [-0.05, 0) is 36.2 Å². The van der Waals surface area contributed by atoms with E-state index in [1.807, 2.05) is 29.2 Å². The van der Waals surface area contributed by atoms with E-state index in [4.69, 9.17) is 17.3 Å². The molecule has 24 heavy (non-hydrogen) atoms. The lowest BCUT2D eigenvalue weighted by Gasteiger charge is -2.17. The third kappa shape index (κ3) is 3.94. The van der Waals surface area contributed by atoms with Crippen LogP contribution in [0.1, 0.15) is 21.8 Å². The Balaban J connectivity index is 0.00000208. The summed E-state index contributed by atoms with van der Waals surface area (Å²) in [5.74, 6) is 0.511. The monoisotopic (exact) mass is 428 g/mol. The third-order valence-corrected chi connectivity index (χ3v) is 5.24. The summed E-state index contributed by atoms with van der Waals surface area (Å²) in [5, 5.41) is 0.477. The summed E-state index contributed by atoms with van der Waals surface area (Å²) in [5.41, 5.74) is 7.71. The molecular formula is C18H19BrCl2N2O. The van der Waals surface area contributed by atoms with E-state index in [0.717, 1.165) is 4.47 Å². The van der Waals surface area contributed by atoms with Gasteiger partial charge in [0.1, 0.15) is 0 Å². The van der Waals surface area contributed by atoms with Gasteiger partial charge in [0, 0.05) is 23.5 Å². The number of rotatable bonds is 3. The Bertz CT molecular complexity index is 711. The van der Waals surface area contributed by atoms with Crippen molar-refractivity contribution in [2.45, 2.75) is 5.92 Å². The number of likely N-dealkylation sites (tertiary alicyclic amines) is 1. The summed E-state index contributed by atoms with van der Waals surface area (Å²) >= 11 is 9.60. The van der Waals surface area contributed by atoms with Gasteiger partial charge >= 0.3 is 0 Å². The number of nitrogens with zero attached hydrogens (tertiary/aromatic N) is 1. The molecule has 3 nitrogen and oxygen atoms in total. The van der Waals surface area contributed by atoms with E-state index in [1.165, 1.54) is 5.56 Å². The molecule has 2 aromatic rings. The minimum Gasteiger partial charge on any atom is -0.338 e. The zero-order valence-electron chi connectivity index (χ0n) is 13.0. The van der Waals surface area contributed by atoms with Gasteiger partial charge in [-0.25, -0.2) is 0 Å². The van der Waals surface area contributed by atoms with Gasteiger partial charge in [-0.15, -0.1) is 12.4 Å². The summed E-state index contributed by atoms with van der Waals surface area (Å²) in [7, 11) is 0. The van der Waals surface area contributed by atoms with Crippen molar-refractivity contribution >= 4 is 45.8 Å². The van der Waals surface area contributed by atoms with Gasteiger partial charge in [0.05, 0.1) is 10.6 Å². The van der Waals surface area contributed by atoms with Crippen LogP contribution in [0.15, 0.2) is 53.0 Å². The van der Waals surface area contributed by atoms with E-state index in [0.29, 0.717) is 30.2 Å². The largest absolute Gasteiger partial charge is 0.338 e. The topological polar surface area (TPSA) is 46.3 Å². The number of amides is 1. The number of carbonyl (C=O) groups is 1. The van der Waals surface area contributed by atoms with Crippen molar-refractivity contribution in [1.29, 1.82) is 0 Å². The van der Waals surface area contributed by atoms with Crippen LogP contribution in [-0.4, -0.2) is 30.4 Å². The average Bonchev–Trinajstić information content (AvgIpc) is 3.01. The van der Waals surface area contributed by atoms with Crippen LogP contribution in [0, 0.1) is 5.92 Å². The van der Waals surface area contributed by atoms with Gasteiger partial charge in [-0.1, -0.05) is 57.9 Å². The van der Waals surface area contributed by atoms with E-state index in [2.05, 4.69) is 28.1 Å². The summed E-state index contributed by atoms with van der Waals surface area (Å²) in [6.45, 7) is 1.90. The Kier molecular flexibility index (Phi) is 6.70. The molecule has 0 bridgehead atoms. The first-order valence-electron chi connectivity index (χ1n) is 7.59. The molecule has 1 amide bonds. The van der Waals surface area contributed by atoms with Crippen LogP contribution in [-0.2, 0) is 0 Å². The molecular weight excluding hydrogens is 411 g/mol. The molecule has 3 rings (SSSR count). The molecule has 1 fully saturated rings.